The lowest BCUT2D eigenvalue weighted by atomic mass is 9.98. The van der Waals surface area contributed by atoms with Crippen molar-refractivity contribution in [2.75, 3.05) is 17.5 Å². The number of anilines is 1. The first-order valence-electron chi connectivity index (χ1n) is 9.21. The number of rotatable bonds is 7. The molecular weight excluding hydrogens is 380 g/mol. The van der Waals surface area contributed by atoms with Gasteiger partial charge in [0.2, 0.25) is 5.91 Å². The molecule has 0 saturated heterocycles. The molecule has 2 aromatic carbocycles. The zero-order valence-electron chi connectivity index (χ0n) is 15.9. The van der Waals surface area contributed by atoms with Crippen LogP contribution < -0.4 is 19.5 Å². The highest BCUT2D eigenvalue weighted by Gasteiger charge is 2.39. The maximum Gasteiger partial charge on any atom is 0.265 e. The van der Waals surface area contributed by atoms with E-state index in [0.29, 0.717) is 43.2 Å². The smallest absolute Gasteiger partial charge is 0.265 e. The Hall–Kier alpha value is -2.74. The molecule has 0 radical (unpaired) electrons. The number of primary amides is 1. The number of nitrogens with zero attached hydrogens (tertiary/aromatic N) is 1. The van der Waals surface area contributed by atoms with Crippen LogP contribution in [0.1, 0.15) is 25.8 Å². The number of aryl methyl sites for hydroxylation is 1. The Morgan fingerprint density at radius 3 is 2.46 bits per heavy atom. The van der Waals surface area contributed by atoms with E-state index in [0.717, 1.165) is 9.87 Å². The lowest BCUT2D eigenvalue weighted by Crippen LogP contribution is -2.50. The maximum absolute atomic E-state index is 13.5. The number of sulfonamides is 1. The van der Waals surface area contributed by atoms with Crippen LogP contribution in [0.3, 0.4) is 0 Å². The molecule has 28 heavy (non-hydrogen) atoms. The highest BCUT2D eigenvalue weighted by molar-refractivity contribution is 7.93. The summed E-state index contributed by atoms with van der Waals surface area (Å²) in [6.45, 7) is 4.43. The van der Waals surface area contributed by atoms with E-state index in [-0.39, 0.29) is 4.90 Å². The summed E-state index contributed by atoms with van der Waals surface area (Å²) in [5.41, 5.74) is 6.88. The standard InChI is InChI=1S/C20H24N2O5S/c1-3-26-18-12-10-15(13-19(18)27-4-2)28(24,25)22-16-8-6-5-7-14(16)9-11-17(22)20(21)23/h5-8,10,12-13,17H,3-4,9,11H2,1-2H3,(H2,21,23)/t17-/m1/s1. The van der Waals surface area contributed by atoms with Gasteiger partial charge in [-0.15, -0.1) is 0 Å². The third-order valence-electron chi connectivity index (χ3n) is 4.60. The van der Waals surface area contributed by atoms with Crippen molar-refractivity contribution in [2.45, 2.75) is 37.6 Å². The van der Waals surface area contributed by atoms with Gasteiger partial charge in [-0.3, -0.25) is 9.10 Å². The molecule has 1 amide bonds. The number of fused-ring (bicyclic) bond motifs is 1. The van der Waals surface area contributed by atoms with Crippen molar-refractivity contribution in [3.8, 4) is 11.5 Å². The first-order valence-corrected chi connectivity index (χ1v) is 10.7. The molecule has 150 valence electrons. The first-order chi connectivity index (χ1) is 13.4. The van der Waals surface area contributed by atoms with Crippen molar-refractivity contribution in [3.05, 3.63) is 48.0 Å². The summed E-state index contributed by atoms with van der Waals surface area (Å²) >= 11 is 0. The summed E-state index contributed by atoms with van der Waals surface area (Å²) in [4.78, 5) is 12.0. The maximum atomic E-state index is 13.5. The fourth-order valence-electron chi connectivity index (χ4n) is 3.37. The molecule has 1 heterocycles. The van der Waals surface area contributed by atoms with Gasteiger partial charge in [0, 0.05) is 6.07 Å². The Kier molecular flexibility index (Phi) is 5.79. The molecule has 2 N–H and O–H groups in total. The second-order valence-corrected chi connectivity index (χ2v) is 8.18. The fourth-order valence-corrected chi connectivity index (χ4v) is 5.08. The number of benzene rings is 2. The molecule has 0 saturated carbocycles. The molecular formula is C20H24N2O5S. The van der Waals surface area contributed by atoms with E-state index in [2.05, 4.69) is 0 Å². The Morgan fingerprint density at radius 1 is 1.11 bits per heavy atom. The third kappa shape index (κ3) is 3.64. The Labute approximate surface area is 165 Å². The van der Waals surface area contributed by atoms with E-state index in [1.54, 1.807) is 25.1 Å². The van der Waals surface area contributed by atoms with Crippen LogP contribution in [-0.2, 0) is 21.2 Å². The molecule has 0 spiro atoms. The number of carbonyl (C=O) groups is 1. The number of hydrogen-bond donors (Lipinski definition) is 1. The molecule has 0 unspecified atom stereocenters. The minimum atomic E-state index is -4.05. The lowest BCUT2D eigenvalue weighted by molar-refractivity contribution is -0.119. The van der Waals surface area contributed by atoms with Gasteiger partial charge < -0.3 is 15.2 Å². The largest absolute Gasteiger partial charge is 0.490 e. The van der Waals surface area contributed by atoms with Crippen molar-refractivity contribution in [3.63, 3.8) is 0 Å². The molecule has 3 rings (SSSR count). The molecule has 1 aliphatic rings. The SMILES string of the molecule is CCOc1ccc(S(=O)(=O)N2c3ccccc3CC[C@@H]2C(N)=O)cc1OCC. The van der Waals surface area contributed by atoms with Gasteiger partial charge in [0.05, 0.1) is 23.8 Å². The number of amides is 1. The molecule has 0 aliphatic carbocycles. The number of carbonyl (C=O) groups excluding carboxylic acids is 1. The normalized spacial score (nSPS) is 16.4. The third-order valence-corrected chi connectivity index (χ3v) is 6.42. The summed E-state index contributed by atoms with van der Waals surface area (Å²) in [7, 11) is -4.05. The highest BCUT2D eigenvalue weighted by atomic mass is 32.2. The molecule has 7 nitrogen and oxygen atoms in total. The van der Waals surface area contributed by atoms with Crippen LogP contribution in [0.5, 0.6) is 11.5 Å². The summed E-state index contributed by atoms with van der Waals surface area (Å²) in [5, 5.41) is 0. The number of nitrogens with two attached hydrogens (primary N) is 1. The Morgan fingerprint density at radius 2 is 1.79 bits per heavy atom. The van der Waals surface area contributed by atoms with Crippen molar-refractivity contribution < 1.29 is 22.7 Å². The zero-order chi connectivity index (χ0) is 20.3. The molecule has 1 atom stereocenters. The van der Waals surface area contributed by atoms with Crippen LogP contribution in [0.2, 0.25) is 0 Å². The predicted octanol–water partition coefficient (Wildman–Crippen LogP) is 2.48. The van der Waals surface area contributed by atoms with Gasteiger partial charge in [-0.05, 0) is 50.5 Å². The molecule has 2 aromatic rings. The molecule has 0 bridgehead atoms. The average Bonchev–Trinajstić information content (AvgIpc) is 2.68. The molecule has 8 heteroatoms. The summed E-state index contributed by atoms with van der Waals surface area (Å²) < 4.78 is 39.2. The minimum absolute atomic E-state index is 0.0161. The summed E-state index contributed by atoms with van der Waals surface area (Å²) in [6.07, 6.45) is 0.921. The van der Waals surface area contributed by atoms with E-state index >= 15 is 0 Å². The summed E-state index contributed by atoms with van der Waals surface area (Å²) in [5.74, 6) is 0.134. The van der Waals surface area contributed by atoms with Crippen molar-refractivity contribution in [2.24, 2.45) is 5.73 Å². The van der Waals surface area contributed by atoms with Crippen LogP contribution in [0.4, 0.5) is 5.69 Å². The zero-order valence-corrected chi connectivity index (χ0v) is 16.7. The van der Waals surface area contributed by atoms with Crippen LogP contribution >= 0.6 is 0 Å². The van der Waals surface area contributed by atoms with Crippen molar-refractivity contribution in [1.29, 1.82) is 0 Å². The van der Waals surface area contributed by atoms with Gasteiger partial charge in [0.25, 0.3) is 10.0 Å². The summed E-state index contributed by atoms with van der Waals surface area (Å²) in [6, 6.07) is 10.7. The van der Waals surface area contributed by atoms with Crippen LogP contribution in [0.15, 0.2) is 47.4 Å². The van der Waals surface area contributed by atoms with Crippen molar-refractivity contribution >= 4 is 21.6 Å². The van der Waals surface area contributed by atoms with E-state index < -0.39 is 22.0 Å². The highest BCUT2D eigenvalue weighted by Crippen LogP contribution is 2.37. The fraction of sp³-hybridized carbons (Fsp3) is 0.350. The topological polar surface area (TPSA) is 98.9 Å². The predicted molar refractivity (Wildman–Crippen MR) is 106 cm³/mol. The Bertz CT molecular complexity index is 974. The van der Waals surface area contributed by atoms with Crippen LogP contribution in [0, 0.1) is 0 Å². The van der Waals surface area contributed by atoms with E-state index in [1.165, 1.54) is 12.1 Å². The van der Waals surface area contributed by atoms with E-state index in [1.807, 2.05) is 19.1 Å². The molecule has 0 aromatic heterocycles. The van der Waals surface area contributed by atoms with Gasteiger partial charge in [0.15, 0.2) is 11.5 Å². The van der Waals surface area contributed by atoms with Crippen molar-refractivity contribution in [1.82, 2.24) is 0 Å². The number of para-hydroxylation sites is 1. The van der Waals surface area contributed by atoms with Gasteiger partial charge >= 0.3 is 0 Å². The monoisotopic (exact) mass is 404 g/mol. The van der Waals surface area contributed by atoms with Crippen LogP contribution in [-0.4, -0.2) is 33.6 Å². The van der Waals surface area contributed by atoms with E-state index in [4.69, 9.17) is 15.2 Å². The Balaban J connectivity index is 2.12. The quantitative estimate of drug-likeness (QED) is 0.764. The van der Waals surface area contributed by atoms with Gasteiger partial charge in [-0.2, -0.15) is 0 Å². The van der Waals surface area contributed by atoms with E-state index in [9.17, 15) is 13.2 Å². The second kappa shape index (κ2) is 8.10. The number of ether oxygens (including phenoxy) is 2. The van der Waals surface area contributed by atoms with Crippen LogP contribution in [0.25, 0.3) is 0 Å². The lowest BCUT2D eigenvalue weighted by Gasteiger charge is -2.36. The average molecular weight is 404 g/mol. The van der Waals surface area contributed by atoms with Gasteiger partial charge in [0.1, 0.15) is 6.04 Å². The number of hydrogen-bond acceptors (Lipinski definition) is 5. The molecule has 0 fully saturated rings. The van der Waals surface area contributed by atoms with Gasteiger partial charge in [-0.25, -0.2) is 8.42 Å². The van der Waals surface area contributed by atoms with Gasteiger partial charge in [-0.1, -0.05) is 18.2 Å². The molecule has 1 aliphatic heterocycles. The minimum Gasteiger partial charge on any atom is -0.490 e. The second-order valence-electron chi connectivity index (χ2n) is 6.36. The first kappa shape index (κ1) is 20.0.